The number of hydrogen-bond acceptors (Lipinski definition) is 1. The van der Waals surface area contributed by atoms with Gasteiger partial charge in [-0.1, -0.05) is 29.8 Å². The molecule has 14 heavy (non-hydrogen) atoms. The van der Waals surface area contributed by atoms with E-state index in [1.54, 1.807) is 0 Å². The van der Waals surface area contributed by atoms with Gasteiger partial charge in [-0.25, -0.2) is 0 Å². The fourth-order valence-corrected chi connectivity index (χ4v) is 2.25. The molecule has 0 atom stereocenters. The Kier molecular flexibility index (Phi) is 4.42. The van der Waals surface area contributed by atoms with Gasteiger partial charge >= 0.3 is 0 Å². The van der Waals surface area contributed by atoms with Gasteiger partial charge in [-0.05, 0) is 24.7 Å². The van der Waals surface area contributed by atoms with Gasteiger partial charge in [0, 0.05) is 24.8 Å². The molecule has 0 bridgehead atoms. The first-order chi connectivity index (χ1) is 6.55. The molecule has 1 fully saturated rings. The third-order valence-corrected chi connectivity index (χ3v) is 3.40. The summed E-state index contributed by atoms with van der Waals surface area (Å²) in [5.74, 6) is 0.305. The molecule has 1 heterocycles. The van der Waals surface area contributed by atoms with E-state index < -0.39 is 0 Å². The van der Waals surface area contributed by atoms with Gasteiger partial charge in [0.1, 0.15) is 0 Å². The number of nitrogens with zero attached hydrogens (tertiary/aromatic N) is 1. The Morgan fingerprint density at radius 3 is 2.71 bits per heavy atom. The second-order valence-electron chi connectivity index (χ2n) is 4.84. The Bertz CT molecular complexity index is 203. The van der Waals surface area contributed by atoms with Crippen LogP contribution in [0.2, 0.25) is 0 Å². The number of carbonyl (C=O) groups is 1. The van der Waals surface area contributed by atoms with E-state index in [1.165, 1.54) is 6.42 Å². The molecule has 1 rings (SSSR count). The highest BCUT2D eigenvalue weighted by atomic mass is 79.9. The summed E-state index contributed by atoms with van der Waals surface area (Å²) in [5, 5.41) is 0.783. The number of hydrogen-bond donors (Lipinski definition) is 0. The molecule has 0 radical (unpaired) electrons. The maximum Gasteiger partial charge on any atom is 0.223 e. The van der Waals surface area contributed by atoms with Crippen LogP contribution in [0, 0.1) is 5.41 Å². The van der Waals surface area contributed by atoms with Crippen molar-refractivity contribution >= 4 is 21.8 Å². The van der Waals surface area contributed by atoms with E-state index in [9.17, 15) is 4.79 Å². The molecule has 1 amide bonds. The molecular weight excluding hydrogens is 242 g/mol. The summed E-state index contributed by atoms with van der Waals surface area (Å²) < 4.78 is 0. The molecule has 0 aromatic rings. The first-order valence-corrected chi connectivity index (χ1v) is 6.51. The fraction of sp³-hybridized carbons (Fsp3) is 0.909. The molecule has 0 N–H and O–H groups in total. The van der Waals surface area contributed by atoms with Gasteiger partial charge in [0.15, 0.2) is 0 Å². The second-order valence-corrected chi connectivity index (χ2v) is 5.63. The largest absolute Gasteiger partial charge is 0.343 e. The van der Waals surface area contributed by atoms with E-state index in [2.05, 4.69) is 29.8 Å². The highest BCUT2D eigenvalue weighted by Crippen LogP contribution is 2.29. The van der Waals surface area contributed by atoms with Crippen molar-refractivity contribution in [3.63, 3.8) is 0 Å². The third-order valence-electron chi connectivity index (χ3n) is 3.00. The standard InChI is InChI=1S/C11H20BrNO/c1-11(2)5-3-8-13(9-6-11)10(14)4-7-12/h3-9H2,1-2H3. The van der Waals surface area contributed by atoms with Crippen molar-refractivity contribution in [3.8, 4) is 0 Å². The zero-order valence-corrected chi connectivity index (χ0v) is 10.8. The molecule has 1 aliphatic heterocycles. The monoisotopic (exact) mass is 261 g/mol. The van der Waals surface area contributed by atoms with Crippen molar-refractivity contribution in [2.24, 2.45) is 5.41 Å². The van der Waals surface area contributed by atoms with Gasteiger partial charge < -0.3 is 4.90 Å². The lowest BCUT2D eigenvalue weighted by Gasteiger charge is -2.23. The van der Waals surface area contributed by atoms with Gasteiger partial charge in [0.2, 0.25) is 5.91 Å². The molecule has 0 aromatic carbocycles. The summed E-state index contributed by atoms with van der Waals surface area (Å²) in [6, 6.07) is 0. The predicted molar refractivity (Wildman–Crippen MR) is 62.6 cm³/mol. The quantitative estimate of drug-likeness (QED) is 0.701. The molecule has 2 nitrogen and oxygen atoms in total. The Labute approximate surface area is 95.2 Å². The average Bonchev–Trinajstić information content (AvgIpc) is 2.27. The summed E-state index contributed by atoms with van der Waals surface area (Å²) in [5.41, 5.74) is 0.420. The second kappa shape index (κ2) is 5.15. The Hall–Kier alpha value is -0.0500. The van der Waals surface area contributed by atoms with Crippen LogP contribution in [-0.4, -0.2) is 29.2 Å². The molecule has 0 spiro atoms. The highest BCUT2D eigenvalue weighted by molar-refractivity contribution is 9.09. The van der Waals surface area contributed by atoms with Crippen LogP contribution in [0.5, 0.6) is 0 Å². The summed E-state index contributed by atoms with van der Waals surface area (Å²) in [4.78, 5) is 13.7. The molecule has 0 saturated carbocycles. The van der Waals surface area contributed by atoms with E-state index in [1.807, 2.05) is 4.90 Å². The summed E-state index contributed by atoms with van der Waals surface area (Å²) in [6.45, 7) is 6.49. The first kappa shape index (κ1) is 12.0. The topological polar surface area (TPSA) is 20.3 Å². The Balaban J connectivity index is 2.45. The molecule has 0 aliphatic carbocycles. The maximum absolute atomic E-state index is 11.7. The minimum atomic E-state index is 0.305. The van der Waals surface area contributed by atoms with E-state index >= 15 is 0 Å². The number of carbonyl (C=O) groups excluding carboxylic acids is 1. The van der Waals surface area contributed by atoms with E-state index in [4.69, 9.17) is 0 Å². The summed E-state index contributed by atoms with van der Waals surface area (Å²) >= 11 is 3.31. The van der Waals surface area contributed by atoms with Gasteiger partial charge in [0.25, 0.3) is 0 Å². The van der Waals surface area contributed by atoms with Gasteiger partial charge in [-0.3, -0.25) is 4.79 Å². The molecule has 0 unspecified atom stereocenters. The number of halogens is 1. The van der Waals surface area contributed by atoms with Gasteiger partial charge in [0.05, 0.1) is 0 Å². The van der Waals surface area contributed by atoms with Crippen LogP contribution in [0.4, 0.5) is 0 Å². The lowest BCUT2D eigenvalue weighted by molar-refractivity contribution is -0.130. The van der Waals surface area contributed by atoms with Crippen LogP contribution < -0.4 is 0 Å². The Morgan fingerprint density at radius 1 is 1.36 bits per heavy atom. The average molecular weight is 262 g/mol. The van der Waals surface area contributed by atoms with Crippen molar-refractivity contribution in [3.05, 3.63) is 0 Å². The van der Waals surface area contributed by atoms with Crippen molar-refractivity contribution in [2.75, 3.05) is 18.4 Å². The van der Waals surface area contributed by atoms with Crippen molar-refractivity contribution in [2.45, 2.75) is 39.5 Å². The minimum absolute atomic E-state index is 0.305. The van der Waals surface area contributed by atoms with Crippen LogP contribution in [0.3, 0.4) is 0 Å². The van der Waals surface area contributed by atoms with Crippen LogP contribution in [0.15, 0.2) is 0 Å². The predicted octanol–water partition coefficient (Wildman–Crippen LogP) is 2.81. The third kappa shape index (κ3) is 3.60. The molecule has 82 valence electrons. The SMILES string of the molecule is CC1(C)CCCN(C(=O)CCBr)CC1. The zero-order valence-electron chi connectivity index (χ0n) is 9.18. The molecule has 1 saturated heterocycles. The molecule has 1 aliphatic rings. The number of likely N-dealkylation sites (tertiary alicyclic amines) is 1. The normalized spacial score (nSPS) is 21.8. The van der Waals surface area contributed by atoms with Crippen LogP contribution in [0.25, 0.3) is 0 Å². The van der Waals surface area contributed by atoms with Crippen LogP contribution >= 0.6 is 15.9 Å². The Morgan fingerprint density at radius 2 is 2.07 bits per heavy atom. The lowest BCUT2D eigenvalue weighted by atomic mass is 9.85. The van der Waals surface area contributed by atoms with Crippen molar-refractivity contribution in [1.82, 2.24) is 4.90 Å². The van der Waals surface area contributed by atoms with Gasteiger partial charge in [-0.15, -0.1) is 0 Å². The lowest BCUT2D eigenvalue weighted by Crippen LogP contribution is -2.32. The summed E-state index contributed by atoms with van der Waals surface area (Å²) in [7, 11) is 0. The first-order valence-electron chi connectivity index (χ1n) is 5.39. The smallest absolute Gasteiger partial charge is 0.223 e. The maximum atomic E-state index is 11.7. The van der Waals surface area contributed by atoms with E-state index in [0.717, 1.165) is 31.3 Å². The molecule has 0 aromatic heterocycles. The number of alkyl halides is 1. The minimum Gasteiger partial charge on any atom is -0.343 e. The van der Waals surface area contributed by atoms with Crippen LogP contribution in [-0.2, 0) is 4.79 Å². The van der Waals surface area contributed by atoms with E-state index in [-0.39, 0.29) is 0 Å². The van der Waals surface area contributed by atoms with Gasteiger partial charge in [-0.2, -0.15) is 0 Å². The highest BCUT2D eigenvalue weighted by Gasteiger charge is 2.24. The van der Waals surface area contributed by atoms with Crippen LogP contribution in [0.1, 0.15) is 39.5 Å². The van der Waals surface area contributed by atoms with Crippen molar-refractivity contribution in [1.29, 1.82) is 0 Å². The zero-order chi connectivity index (χ0) is 10.6. The molecule has 3 heteroatoms. The van der Waals surface area contributed by atoms with E-state index in [0.29, 0.717) is 17.7 Å². The summed E-state index contributed by atoms with van der Waals surface area (Å²) in [6.07, 6.45) is 4.17. The van der Waals surface area contributed by atoms with Crippen molar-refractivity contribution < 1.29 is 4.79 Å². The number of rotatable bonds is 2. The number of amides is 1. The fourth-order valence-electron chi connectivity index (χ4n) is 1.91. The molecular formula is C11H20BrNO.